The van der Waals surface area contributed by atoms with Crippen molar-refractivity contribution in [2.45, 2.75) is 18.8 Å². The minimum Gasteiger partial charge on any atom is -0.356 e. The third-order valence-corrected chi connectivity index (χ3v) is 4.66. The lowest BCUT2D eigenvalue weighted by atomic mass is 9.99. The normalized spacial score (nSPS) is 17.1. The van der Waals surface area contributed by atoms with Crippen LogP contribution in [0.15, 0.2) is 53.5 Å². The maximum atomic E-state index is 13.7. The van der Waals surface area contributed by atoms with Gasteiger partial charge in [-0.05, 0) is 42.2 Å². The molecule has 6 heteroatoms. The van der Waals surface area contributed by atoms with Gasteiger partial charge in [-0.25, -0.2) is 8.78 Å². The molecule has 1 fully saturated rings. The van der Waals surface area contributed by atoms with Gasteiger partial charge in [0.05, 0.1) is 0 Å². The molecule has 1 atom stereocenters. The Labute approximate surface area is 170 Å². The van der Waals surface area contributed by atoms with Crippen molar-refractivity contribution in [1.29, 1.82) is 0 Å². The van der Waals surface area contributed by atoms with Gasteiger partial charge in [-0.3, -0.25) is 4.99 Å². The summed E-state index contributed by atoms with van der Waals surface area (Å²) in [7, 11) is 1.75. The number of halogens is 3. The van der Waals surface area contributed by atoms with Gasteiger partial charge < -0.3 is 10.2 Å². The molecule has 2 aromatic carbocycles. The topological polar surface area (TPSA) is 27.6 Å². The number of likely N-dealkylation sites (tertiary alicyclic amines) is 1. The van der Waals surface area contributed by atoms with E-state index in [4.69, 9.17) is 0 Å². The second-order valence-corrected chi connectivity index (χ2v) is 6.30. The molecule has 0 spiro atoms. The van der Waals surface area contributed by atoms with E-state index in [2.05, 4.69) is 39.5 Å². The van der Waals surface area contributed by atoms with Gasteiger partial charge in [0, 0.05) is 32.6 Å². The van der Waals surface area contributed by atoms with E-state index in [-0.39, 0.29) is 29.8 Å². The van der Waals surface area contributed by atoms with E-state index in [1.807, 2.05) is 6.07 Å². The lowest BCUT2D eigenvalue weighted by Gasteiger charge is -2.22. The van der Waals surface area contributed by atoms with E-state index in [0.29, 0.717) is 24.4 Å². The highest BCUT2D eigenvalue weighted by molar-refractivity contribution is 14.0. The van der Waals surface area contributed by atoms with Crippen molar-refractivity contribution >= 4 is 29.9 Å². The molecule has 1 N–H and O–H groups in total. The number of guanidine groups is 1. The fourth-order valence-electron chi connectivity index (χ4n) is 3.33. The fraction of sp³-hybridized carbons (Fsp3) is 0.350. The van der Waals surface area contributed by atoms with Crippen LogP contribution in [0.1, 0.15) is 23.5 Å². The van der Waals surface area contributed by atoms with Crippen molar-refractivity contribution in [3.05, 3.63) is 71.3 Å². The summed E-state index contributed by atoms with van der Waals surface area (Å²) in [5, 5.41) is 3.27. The number of benzene rings is 2. The number of rotatable bonds is 4. The lowest BCUT2D eigenvalue weighted by molar-refractivity contribution is 0.485. The fourth-order valence-corrected chi connectivity index (χ4v) is 3.33. The van der Waals surface area contributed by atoms with Crippen LogP contribution in [0.4, 0.5) is 8.78 Å². The molecule has 0 bridgehead atoms. The Hall–Kier alpha value is -1.70. The van der Waals surface area contributed by atoms with Crippen LogP contribution in [0.5, 0.6) is 0 Å². The summed E-state index contributed by atoms with van der Waals surface area (Å²) < 4.78 is 26.9. The van der Waals surface area contributed by atoms with Crippen molar-refractivity contribution in [3.63, 3.8) is 0 Å². The summed E-state index contributed by atoms with van der Waals surface area (Å²) in [5.41, 5.74) is 1.73. The van der Waals surface area contributed by atoms with Gasteiger partial charge in [0.1, 0.15) is 11.6 Å². The van der Waals surface area contributed by atoms with Gasteiger partial charge in [-0.2, -0.15) is 0 Å². The molecule has 1 aliphatic rings. The number of hydrogen-bond acceptors (Lipinski definition) is 1. The third-order valence-electron chi connectivity index (χ3n) is 4.66. The first kappa shape index (κ1) is 20.6. The first-order valence-electron chi connectivity index (χ1n) is 8.62. The summed E-state index contributed by atoms with van der Waals surface area (Å²) in [4.78, 5) is 6.55. The Kier molecular flexibility index (Phi) is 7.81. The van der Waals surface area contributed by atoms with E-state index in [1.165, 1.54) is 17.7 Å². The molecule has 1 saturated heterocycles. The Morgan fingerprint density at radius 1 is 1.19 bits per heavy atom. The maximum Gasteiger partial charge on any atom is 0.193 e. The Balaban J connectivity index is 0.00000243. The van der Waals surface area contributed by atoms with Crippen LogP contribution in [-0.2, 0) is 6.42 Å². The minimum absolute atomic E-state index is 0. The monoisotopic (exact) mass is 471 g/mol. The number of aliphatic imine (C=N–C) groups is 1. The predicted octanol–water partition coefficient (Wildman–Crippen LogP) is 4.19. The van der Waals surface area contributed by atoms with Crippen LogP contribution in [0.25, 0.3) is 0 Å². The quantitative estimate of drug-likeness (QED) is 0.412. The molecule has 2 aromatic rings. The summed E-state index contributed by atoms with van der Waals surface area (Å²) in [6.45, 7) is 2.37. The van der Waals surface area contributed by atoms with Crippen molar-refractivity contribution in [2.24, 2.45) is 4.99 Å². The van der Waals surface area contributed by atoms with Crippen LogP contribution >= 0.6 is 24.0 Å². The first-order valence-corrected chi connectivity index (χ1v) is 8.62. The lowest BCUT2D eigenvalue weighted by Crippen LogP contribution is -2.40. The van der Waals surface area contributed by atoms with Crippen LogP contribution in [0.2, 0.25) is 0 Å². The van der Waals surface area contributed by atoms with E-state index >= 15 is 0 Å². The van der Waals surface area contributed by atoms with E-state index < -0.39 is 5.82 Å². The van der Waals surface area contributed by atoms with Crippen molar-refractivity contribution in [3.8, 4) is 0 Å². The Morgan fingerprint density at radius 2 is 1.96 bits per heavy atom. The van der Waals surface area contributed by atoms with Crippen molar-refractivity contribution in [2.75, 3.05) is 26.7 Å². The van der Waals surface area contributed by atoms with Gasteiger partial charge in [0.2, 0.25) is 0 Å². The summed E-state index contributed by atoms with van der Waals surface area (Å²) >= 11 is 0. The van der Waals surface area contributed by atoms with E-state index in [0.717, 1.165) is 31.5 Å². The minimum atomic E-state index is -0.411. The van der Waals surface area contributed by atoms with Gasteiger partial charge in [-0.1, -0.05) is 30.3 Å². The number of nitrogens with one attached hydrogen (secondary N) is 1. The first-order chi connectivity index (χ1) is 12.2. The highest BCUT2D eigenvalue weighted by atomic mass is 127. The third kappa shape index (κ3) is 5.16. The van der Waals surface area contributed by atoms with Gasteiger partial charge >= 0.3 is 0 Å². The van der Waals surface area contributed by atoms with Gasteiger partial charge in [0.15, 0.2) is 5.96 Å². The molecule has 1 heterocycles. The SMILES string of the molecule is CN=C(NCCc1cc(F)ccc1F)N1CCC(c2ccccc2)C1.I. The molecular weight excluding hydrogens is 447 g/mol. The molecule has 1 aliphatic heterocycles. The van der Waals surface area contributed by atoms with Crippen LogP contribution < -0.4 is 5.32 Å². The zero-order valence-corrected chi connectivity index (χ0v) is 17.1. The molecule has 3 rings (SSSR count). The van der Waals surface area contributed by atoms with Crippen LogP contribution in [0.3, 0.4) is 0 Å². The average Bonchev–Trinajstić information content (AvgIpc) is 3.12. The number of hydrogen-bond donors (Lipinski definition) is 1. The largest absolute Gasteiger partial charge is 0.356 e. The highest BCUT2D eigenvalue weighted by Crippen LogP contribution is 2.26. The molecule has 1 unspecified atom stereocenters. The molecule has 3 nitrogen and oxygen atoms in total. The molecule has 0 amide bonds. The molecule has 140 valence electrons. The van der Waals surface area contributed by atoms with Crippen LogP contribution in [0, 0.1) is 11.6 Å². The smallest absolute Gasteiger partial charge is 0.193 e. The van der Waals surface area contributed by atoms with Crippen LogP contribution in [-0.4, -0.2) is 37.5 Å². The van der Waals surface area contributed by atoms with Crippen molar-refractivity contribution in [1.82, 2.24) is 10.2 Å². The molecule has 0 radical (unpaired) electrons. The van der Waals surface area contributed by atoms with Crippen molar-refractivity contribution < 1.29 is 8.78 Å². The summed E-state index contributed by atoms with van der Waals surface area (Å²) in [6, 6.07) is 14.1. The molecular formula is C20H24F2IN3. The summed E-state index contributed by atoms with van der Waals surface area (Å²) in [6.07, 6.45) is 1.50. The second-order valence-electron chi connectivity index (χ2n) is 6.30. The standard InChI is InChI=1S/C20H23F2N3.HI/c1-23-20(24-11-9-16-13-18(21)7-8-19(16)22)25-12-10-17(14-25)15-5-3-2-4-6-15;/h2-8,13,17H,9-12,14H2,1H3,(H,23,24);1H. The molecule has 0 aromatic heterocycles. The number of nitrogens with zero attached hydrogens (tertiary/aromatic N) is 2. The van der Waals surface area contributed by atoms with E-state index in [9.17, 15) is 8.78 Å². The molecule has 26 heavy (non-hydrogen) atoms. The average molecular weight is 471 g/mol. The maximum absolute atomic E-state index is 13.7. The zero-order valence-electron chi connectivity index (χ0n) is 14.8. The zero-order chi connectivity index (χ0) is 17.6. The Morgan fingerprint density at radius 3 is 2.69 bits per heavy atom. The van der Waals surface area contributed by atoms with E-state index in [1.54, 1.807) is 7.05 Å². The Bertz CT molecular complexity index is 737. The molecule has 0 aliphatic carbocycles. The van der Waals surface area contributed by atoms with Gasteiger partial charge in [-0.15, -0.1) is 24.0 Å². The predicted molar refractivity (Wildman–Crippen MR) is 112 cm³/mol. The molecule has 0 saturated carbocycles. The second kappa shape index (κ2) is 9.85. The summed E-state index contributed by atoms with van der Waals surface area (Å²) in [5.74, 6) is 0.533. The highest BCUT2D eigenvalue weighted by Gasteiger charge is 2.25. The van der Waals surface area contributed by atoms with Gasteiger partial charge in [0.25, 0.3) is 0 Å².